The number of nitrogens with two attached hydrogens (primary N) is 1. The lowest BCUT2D eigenvalue weighted by molar-refractivity contribution is -0.115. The molecule has 0 spiro atoms. The van der Waals surface area contributed by atoms with E-state index in [1.165, 1.54) is 11.3 Å². The quantitative estimate of drug-likeness (QED) is 0.776. The summed E-state index contributed by atoms with van der Waals surface area (Å²) in [5.74, 6) is 0.363. The number of hydrogen-bond donors (Lipinski definition) is 2. The second-order valence-electron chi connectivity index (χ2n) is 4.72. The highest BCUT2D eigenvalue weighted by Gasteiger charge is 2.09. The lowest BCUT2D eigenvalue weighted by Gasteiger charge is -2.01. The molecule has 0 bridgehead atoms. The molecule has 0 aliphatic rings. The molecule has 0 saturated heterocycles. The number of amides is 1. The summed E-state index contributed by atoms with van der Waals surface area (Å²) >= 11 is 1.38. The van der Waals surface area contributed by atoms with Crippen molar-refractivity contribution in [1.82, 2.24) is 9.97 Å². The molecule has 3 aromatic rings. The minimum Gasteiger partial charge on any atom is -0.384 e. The zero-order valence-corrected chi connectivity index (χ0v) is 12.5. The van der Waals surface area contributed by atoms with Crippen LogP contribution in [0.25, 0.3) is 11.3 Å². The smallest absolute Gasteiger partial charge is 0.230 e. The van der Waals surface area contributed by atoms with Gasteiger partial charge in [0.05, 0.1) is 12.1 Å². The monoisotopic (exact) mass is 310 g/mol. The molecule has 3 rings (SSSR count). The van der Waals surface area contributed by atoms with Crippen LogP contribution in [0.4, 0.5) is 10.9 Å². The summed E-state index contributed by atoms with van der Waals surface area (Å²) in [4.78, 5) is 20.4. The second-order valence-corrected chi connectivity index (χ2v) is 5.58. The van der Waals surface area contributed by atoms with Gasteiger partial charge in [0.15, 0.2) is 5.13 Å². The van der Waals surface area contributed by atoms with Crippen molar-refractivity contribution in [3.8, 4) is 11.3 Å². The topological polar surface area (TPSA) is 80.9 Å². The van der Waals surface area contributed by atoms with Gasteiger partial charge >= 0.3 is 0 Å². The summed E-state index contributed by atoms with van der Waals surface area (Å²) < 4.78 is 0. The van der Waals surface area contributed by atoms with Crippen LogP contribution in [-0.4, -0.2) is 15.9 Å². The van der Waals surface area contributed by atoms with Gasteiger partial charge in [-0.3, -0.25) is 4.79 Å². The Balaban J connectivity index is 1.68. The van der Waals surface area contributed by atoms with Crippen LogP contribution in [0.3, 0.4) is 0 Å². The largest absolute Gasteiger partial charge is 0.384 e. The van der Waals surface area contributed by atoms with Crippen LogP contribution in [0, 0.1) is 0 Å². The third-order valence-corrected chi connectivity index (χ3v) is 3.79. The molecule has 110 valence electrons. The average molecular weight is 310 g/mol. The van der Waals surface area contributed by atoms with Crippen LogP contribution >= 0.6 is 11.3 Å². The molecular formula is C16H14N4OS. The zero-order chi connectivity index (χ0) is 15.4. The van der Waals surface area contributed by atoms with E-state index in [4.69, 9.17) is 5.73 Å². The molecule has 0 aliphatic carbocycles. The number of anilines is 2. The molecule has 1 amide bonds. The second kappa shape index (κ2) is 6.36. The number of carbonyl (C=O) groups excluding carboxylic acids is 1. The fourth-order valence-corrected chi connectivity index (χ4v) is 2.75. The lowest BCUT2D eigenvalue weighted by atomic mass is 10.1. The number of hydrogen-bond acceptors (Lipinski definition) is 5. The van der Waals surface area contributed by atoms with Crippen molar-refractivity contribution in [3.63, 3.8) is 0 Å². The maximum absolute atomic E-state index is 12.0. The number of nitrogen functional groups attached to an aromatic ring is 1. The SMILES string of the molecule is Nc1cc(-c2csc(NC(=O)Cc3ccccc3)n2)ccn1. The summed E-state index contributed by atoms with van der Waals surface area (Å²) in [6, 6.07) is 13.2. The van der Waals surface area contributed by atoms with E-state index in [2.05, 4.69) is 15.3 Å². The normalized spacial score (nSPS) is 10.4. The predicted octanol–water partition coefficient (Wildman–Crippen LogP) is 2.97. The van der Waals surface area contributed by atoms with Gasteiger partial charge in [-0.1, -0.05) is 30.3 Å². The van der Waals surface area contributed by atoms with Crippen molar-refractivity contribution in [2.75, 3.05) is 11.1 Å². The van der Waals surface area contributed by atoms with Crippen LogP contribution in [-0.2, 0) is 11.2 Å². The van der Waals surface area contributed by atoms with Crippen LogP contribution < -0.4 is 11.1 Å². The molecule has 0 aliphatic heterocycles. The Labute approximate surface area is 131 Å². The van der Waals surface area contributed by atoms with Crippen molar-refractivity contribution in [1.29, 1.82) is 0 Å². The first-order valence-electron chi connectivity index (χ1n) is 6.72. The van der Waals surface area contributed by atoms with Gasteiger partial charge in [-0.05, 0) is 17.7 Å². The number of thiazole rings is 1. The lowest BCUT2D eigenvalue weighted by Crippen LogP contribution is -2.14. The molecule has 0 atom stereocenters. The predicted molar refractivity (Wildman–Crippen MR) is 88.5 cm³/mol. The van der Waals surface area contributed by atoms with Gasteiger partial charge in [-0.15, -0.1) is 11.3 Å². The van der Waals surface area contributed by atoms with Crippen molar-refractivity contribution in [2.45, 2.75) is 6.42 Å². The Morgan fingerprint density at radius 3 is 2.82 bits per heavy atom. The van der Waals surface area contributed by atoms with Gasteiger partial charge in [0.25, 0.3) is 0 Å². The van der Waals surface area contributed by atoms with E-state index in [1.54, 1.807) is 12.3 Å². The third kappa shape index (κ3) is 3.48. The van der Waals surface area contributed by atoms with Crippen molar-refractivity contribution < 1.29 is 4.79 Å². The highest BCUT2D eigenvalue weighted by atomic mass is 32.1. The number of aromatic nitrogens is 2. The van der Waals surface area contributed by atoms with Gasteiger partial charge in [0.1, 0.15) is 5.82 Å². The Hall–Kier alpha value is -2.73. The van der Waals surface area contributed by atoms with Crippen molar-refractivity contribution in [3.05, 3.63) is 59.6 Å². The Morgan fingerprint density at radius 1 is 1.23 bits per heavy atom. The van der Waals surface area contributed by atoms with E-state index in [0.29, 0.717) is 17.4 Å². The van der Waals surface area contributed by atoms with Gasteiger partial charge in [-0.25, -0.2) is 9.97 Å². The molecule has 0 saturated carbocycles. The number of pyridine rings is 1. The third-order valence-electron chi connectivity index (χ3n) is 3.03. The molecular weight excluding hydrogens is 296 g/mol. The minimum absolute atomic E-state index is 0.0821. The highest BCUT2D eigenvalue weighted by molar-refractivity contribution is 7.14. The number of nitrogens with zero attached hydrogens (tertiary/aromatic N) is 2. The molecule has 2 heterocycles. The van der Waals surface area contributed by atoms with Gasteiger partial charge in [0.2, 0.25) is 5.91 Å². The highest BCUT2D eigenvalue weighted by Crippen LogP contribution is 2.25. The number of carbonyl (C=O) groups is 1. The first-order valence-corrected chi connectivity index (χ1v) is 7.60. The maximum atomic E-state index is 12.0. The van der Waals surface area contributed by atoms with Gasteiger partial charge < -0.3 is 11.1 Å². The van der Waals surface area contributed by atoms with E-state index in [9.17, 15) is 4.79 Å². The van der Waals surface area contributed by atoms with Crippen LogP contribution in [0.1, 0.15) is 5.56 Å². The summed E-state index contributed by atoms with van der Waals surface area (Å²) in [6.07, 6.45) is 1.97. The molecule has 3 N–H and O–H groups in total. The Kier molecular flexibility index (Phi) is 4.11. The van der Waals surface area contributed by atoms with E-state index < -0.39 is 0 Å². The number of nitrogens with one attached hydrogen (secondary N) is 1. The summed E-state index contributed by atoms with van der Waals surface area (Å²) in [5.41, 5.74) is 8.29. The first kappa shape index (κ1) is 14.2. The van der Waals surface area contributed by atoms with Crippen LogP contribution in [0.2, 0.25) is 0 Å². The molecule has 1 aromatic carbocycles. The van der Waals surface area contributed by atoms with Crippen LogP contribution in [0.15, 0.2) is 54.0 Å². The van der Waals surface area contributed by atoms with E-state index in [0.717, 1.165) is 16.8 Å². The first-order chi connectivity index (χ1) is 10.7. The number of benzene rings is 1. The maximum Gasteiger partial charge on any atom is 0.230 e. The number of rotatable bonds is 4. The molecule has 0 unspecified atom stereocenters. The minimum atomic E-state index is -0.0821. The Bertz CT molecular complexity index is 786. The molecule has 5 nitrogen and oxygen atoms in total. The van der Waals surface area contributed by atoms with Gasteiger partial charge in [-0.2, -0.15) is 0 Å². The van der Waals surface area contributed by atoms with Crippen LogP contribution in [0.5, 0.6) is 0 Å². The zero-order valence-electron chi connectivity index (χ0n) is 11.7. The van der Waals surface area contributed by atoms with E-state index in [-0.39, 0.29) is 5.91 Å². The fraction of sp³-hybridized carbons (Fsp3) is 0.0625. The van der Waals surface area contributed by atoms with Crippen molar-refractivity contribution >= 4 is 28.2 Å². The molecule has 6 heteroatoms. The van der Waals surface area contributed by atoms with E-state index in [1.807, 2.05) is 41.8 Å². The summed E-state index contributed by atoms with van der Waals surface area (Å²) in [6.45, 7) is 0. The molecule has 0 radical (unpaired) electrons. The summed E-state index contributed by atoms with van der Waals surface area (Å²) in [5, 5.41) is 5.27. The van der Waals surface area contributed by atoms with Crippen molar-refractivity contribution in [2.24, 2.45) is 0 Å². The average Bonchev–Trinajstić information content (AvgIpc) is 2.96. The summed E-state index contributed by atoms with van der Waals surface area (Å²) in [7, 11) is 0. The molecule has 0 fully saturated rings. The fourth-order valence-electron chi connectivity index (χ4n) is 2.02. The Morgan fingerprint density at radius 2 is 2.05 bits per heavy atom. The van der Waals surface area contributed by atoms with Gasteiger partial charge in [0, 0.05) is 17.1 Å². The molecule has 2 aromatic heterocycles. The standard InChI is InChI=1S/C16H14N4OS/c17-14-9-12(6-7-18-14)13-10-22-16(19-13)20-15(21)8-11-4-2-1-3-5-11/h1-7,9-10H,8H2,(H2,17,18)(H,19,20,21). The molecule has 22 heavy (non-hydrogen) atoms. The van der Waals surface area contributed by atoms with E-state index >= 15 is 0 Å².